The highest BCUT2D eigenvalue weighted by Crippen LogP contribution is 2.39. The Morgan fingerprint density at radius 3 is 2.91 bits per heavy atom. The largest absolute Gasteiger partial charge is 0.485 e. The lowest BCUT2D eigenvalue weighted by Crippen LogP contribution is -2.27. The number of benzene rings is 2. The molecule has 0 bridgehead atoms. The predicted molar refractivity (Wildman–Crippen MR) is 142 cm³/mol. The zero-order valence-electron chi connectivity index (χ0n) is 20.2. The van der Waals surface area contributed by atoms with E-state index in [0.29, 0.717) is 12.1 Å². The van der Waals surface area contributed by atoms with Gasteiger partial charge in [-0.2, -0.15) is 0 Å². The summed E-state index contributed by atoms with van der Waals surface area (Å²) in [5.41, 5.74) is 6.04. The molecule has 5 heteroatoms. The summed E-state index contributed by atoms with van der Waals surface area (Å²) < 4.78 is 6.45. The second-order valence-corrected chi connectivity index (χ2v) is 9.13. The van der Waals surface area contributed by atoms with Crippen molar-refractivity contribution < 1.29 is 9.53 Å². The van der Waals surface area contributed by atoms with Crippen molar-refractivity contribution in [2.24, 2.45) is 10.9 Å². The van der Waals surface area contributed by atoms with Crippen molar-refractivity contribution in [3.63, 3.8) is 0 Å². The number of aryl methyl sites for hydroxylation is 1. The lowest BCUT2D eigenvalue weighted by atomic mass is 9.87. The van der Waals surface area contributed by atoms with E-state index < -0.39 is 0 Å². The summed E-state index contributed by atoms with van der Waals surface area (Å²) in [5, 5.41) is 6.36. The quantitative estimate of drug-likeness (QED) is 0.571. The van der Waals surface area contributed by atoms with Crippen molar-refractivity contribution in [2.75, 3.05) is 6.54 Å². The van der Waals surface area contributed by atoms with Gasteiger partial charge in [0.15, 0.2) is 0 Å². The molecular weight excluding hydrogens is 434 g/mol. The molecule has 0 radical (unpaired) electrons. The van der Waals surface area contributed by atoms with Gasteiger partial charge in [0.25, 0.3) is 5.91 Å². The first kappa shape index (κ1) is 22.9. The highest BCUT2D eigenvalue weighted by atomic mass is 16.5. The molecule has 2 aromatic carbocycles. The van der Waals surface area contributed by atoms with Gasteiger partial charge in [-0.25, -0.2) is 0 Å². The van der Waals surface area contributed by atoms with E-state index in [1.807, 2.05) is 43.6 Å². The molecular formula is C30H31N3O2. The number of nitrogens with zero attached hydrogens (tertiary/aromatic N) is 1. The van der Waals surface area contributed by atoms with Crippen molar-refractivity contribution in [3.8, 4) is 5.75 Å². The number of allylic oxidation sites excluding steroid dienone is 3. The predicted octanol–water partition coefficient (Wildman–Crippen LogP) is 5.45. The number of aliphatic imine (C=N–C) groups is 1. The molecule has 0 saturated carbocycles. The molecule has 1 aliphatic carbocycles. The SMILES string of the molecule is CCCNC(=O)c1cccc(C2=CNC3N=CC(c4cccc(C)c4OC4C=CC=CC4)=CC23)c1. The van der Waals surface area contributed by atoms with Crippen molar-refractivity contribution in [3.05, 3.63) is 101 Å². The number of ether oxygens (including phenoxy) is 1. The van der Waals surface area contributed by atoms with Crippen LogP contribution in [0.25, 0.3) is 11.1 Å². The van der Waals surface area contributed by atoms with Gasteiger partial charge in [-0.15, -0.1) is 0 Å². The smallest absolute Gasteiger partial charge is 0.251 e. The van der Waals surface area contributed by atoms with E-state index in [-0.39, 0.29) is 24.1 Å². The van der Waals surface area contributed by atoms with E-state index in [2.05, 4.69) is 66.1 Å². The molecule has 0 saturated heterocycles. The highest BCUT2D eigenvalue weighted by Gasteiger charge is 2.32. The van der Waals surface area contributed by atoms with Gasteiger partial charge < -0.3 is 15.4 Å². The van der Waals surface area contributed by atoms with Crippen LogP contribution in [0.4, 0.5) is 0 Å². The molecule has 1 amide bonds. The van der Waals surface area contributed by atoms with E-state index in [1.54, 1.807) is 0 Å². The van der Waals surface area contributed by atoms with Crippen LogP contribution in [0.2, 0.25) is 0 Å². The summed E-state index contributed by atoms with van der Waals surface area (Å²) >= 11 is 0. The molecule has 35 heavy (non-hydrogen) atoms. The van der Waals surface area contributed by atoms with Crippen LogP contribution >= 0.6 is 0 Å². The number of para-hydroxylation sites is 1. The number of amides is 1. The lowest BCUT2D eigenvalue weighted by Gasteiger charge is -2.24. The summed E-state index contributed by atoms with van der Waals surface area (Å²) in [5.74, 6) is 0.928. The second kappa shape index (κ2) is 10.2. The van der Waals surface area contributed by atoms with E-state index >= 15 is 0 Å². The molecule has 3 unspecified atom stereocenters. The molecule has 2 aliphatic heterocycles. The number of rotatable bonds is 7. The third-order valence-corrected chi connectivity index (χ3v) is 6.57. The average Bonchev–Trinajstić information content (AvgIpc) is 3.32. The molecule has 178 valence electrons. The maximum atomic E-state index is 12.5. The molecule has 0 fully saturated rings. The Balaban J connectivity index is 1.43. The van der Waals surface area contributed by atoms with Crippen molar-refractivity contribution in [1.82, 2.24) is 10.6 Å². The molecule has 0 aromatic heterocycles. The van der Waals surface area contributed by atoms with Gasteiger partial charge in [0.1, 0.15) is 18.0 Å². The number of dihydropyridines is 1. The van der Waals surface area contributed by atoms with Crippen LogP contribution in [-0.4, -0.2) is 30.9 Å². The Labute approximate surface area is 207 Å². The number of nitrogens with one attached hydrogen (secondary N) is 2. The Kier molecular flexibility index (Phi) is 6.66. The van der Waals surface area contributed by atoms with E-state index in [4.69, 9.17) is 9.73 Å². The molecule has 3 atom stereocenters. The minimum Gasteiger partial charge on any atom is -0.485 e. The molecule has 2 heterocycles. The minimum absolute atomic E-state index is 0.0268. The van der Waals surface area contributed by atoms with Crippen molar-refractivity contribution in [2.45, 2.75) is 39.0 Å². The van der Waals surface area contributed by atoms with Gasteiger partial charge >= 0.3 is 0 Å². The maximum Gasteiger partial charge on any atom is 0.251 e. The topological polar surface area (TPSA) is 62.7 Å². The summed E-state index contributed by atoms with van der Waals surface area (Å²) in [6.45, 7) is 4.81. The summed E-state index contributed by atoms with van der Waals surface area (Å²) in [6.07, 6.45) is 16.3. The first-order valence-corrected chi connectivity index (χ1v) is 12.3. The highest BCUT2D eigenvalue weighted by molar-refractivity contribution is 6.12. The molecule has 2 aromatic rings. The lowest BCUT2D eigenvalue weighted by molar-refractivity contribution is 0.0953. The Morgan fingerprint density at radius 1 is 1.20 bits per heavy atom. The third kappa shape index (κ3) is 4.85. The summed E-state index contributed by atoms with van der Waals surface area (Å²) in [7, 11) is 0. The molecule has 5 nitrogen and oxygen atoms in total. The van der Waals surface area contributed by atoms with Crippen molar-refractivity contribution >= 4 is 23.3 Å². The zero-order chi connectivity index (χ0) is 24.2. The second-order valence-electron chi connectivity index (χ2n) is 9.13. The maximum absolute atomic E-state index is 12.5. The molecule has 2 N–H and O–H groups in total. The fraction of sp³-hybridized carbons (Fsp3) is 0.267. The first-order chi connectivity index (χ1) is 17.1. The van der Waals surface area contributed by atoms with Gasteiger partial charge in [0.05, 0.1) is 0 Å². The normalized spacial score (nSPS) is 22.2. The monoisotopic (exact) mass is 465 g/mol. The first-order valence-electron chi connectivity index (χ1n) is 12.3. The zero-order valence-corrected chi connectivity index (χ0v) is 20.2. The van der Waals surface area contributed by atoms with E-state index in [9.17, 15) is 4.79 Å². The van der Waals surface area contributed by atoms with Gasteiger partial charge in [0, 0.05) is 48.0 Å². The van der Waals surface area contributed by atoms with Crippen LogP contribution in [0.3, 0.4) is 0 Å². The average molecular weight is 466 g/mol. The van der Waals surface area contributed by atoms with Crippen LogP contribution in [-0.2, 0) is 0 Å². The summed E-state index contributed by atoms with van der Waals surface area (Å²) in [4.78, 5) is 17.3. The van der Waals surface area contributed by atoms with Crippen LogP contribution < -0.4 is 15.4 Å². The Morgan fingerprint density at radius 2 is 2.09 bits per heavy atom. The standard InChI is InChI=1S/C30H31N3O2/c1-3-15-31-30(34)22-11-8-10-21(16-22)27-19-33-29-26(27)17-23(18-32-29)25-14-7-9-20(2)28(25)35-24-12-5-4-6-13-24/h4-12,14,16-19,24,26,29,33H,3,13,15H2,1-2H3,(H,31,34). The van der Waals surface area contributed by atoms with Crippen molar-refractivity contribution in [1.29, 1.82) is 0 Å². The van der Waals surface area contributed by atoms with Crippen LogP contribution in [0.5, 0.6) is 5.75 Å². The number of hydrogen-bond acceptors (Lipinski definition) is 4. The molecule has 0 spiro atoms. The van der Waals surface area contributed by atoms with Crippen LogP contribution in [0, 0.1) is 12.8 Å². The number of hydrogen-bond donors (Lipinski definition) is 2. The number of fused-ring (bicyclic) bond motifs is 1. The summed E-state index contributed by atoms with van der Waals surface area (Å²) in [6, 6.07) is 14.1. The number of carbonyl (C=O) groups is 1. The Hall–Kier alpha value is -3.86. The van der Waals surface area contributed by atoms with Gasteiger partial charge in [-0.1, -0.05) is 61.6 Å². The van der Waals surface area contributed by atoms with Gasteiger partial charge in [-0.3, -0.25) is 9.79 Å². The van der Waals surface area contributed by atoms with Crippen LogP contribution in [0.15, 0.2) is 84.0 Å². The van der Waals surface area contributed by atoms with Crippen LogP contribution in [0.1, 0.15) is 46.8 Å². The van der Waals surface area contributed by atoms with E-state index in [0.717, 1.165) is 46.4 Å². The van der Waals surface area contributed by atoms with Gasteiger partial charge in [-0.05, 0) is 48.3 Å². The third-order valence-electron chi connectivity index (χ3n) is 6.57. The Bertz CT molecular complexity index is 1270. The number of carbonyl (C=O) groups excluding carboxylic acids is 1. The minimum atomic E-state index is -0.0492. The molecule has 5 rings (SSSR count). The fourth-order valence-corrected chi connectivity index (χ4v) is 4.71. The molecule has 3 aliphatic rings. The van der Waals surface area contributed by atoms with Gasteiger partial charge in [0.2, 0.25) is 0 Å². The fourth-order valence-electron chi connectivity index (χ4n) is 4.71. The van der Waals surface area contributed by atoms with E-state index in [1.165, 1.54) is 0 Å².